The fraction of sp³-hybridized carbons (Fsp3) is 0.706. The molecule has 1 heterocycles. The molecule has 1 aliphatic carbocycles. The van der Waals surface area contributed by atoms with Gasteiger partial charge in [0, 0.05) is 25.8 Å². The van der Waals surface area contributed by atoms with E-state index in [0.717, 1.165) is 31.2 Å². The number of pyridine rings is 1. The molecule has 0 aromatic carbocycles. The Bertz CT molecular complexity index is 411. The lowest BCUT2D eigenvalue weighted by Gasteiger charge is -2.28. The topological polar surface area (TPSA) is 28.2 Å². The highest BCUT2D eigenvalue weighted by Crippen LogP contribution is 2.25. The maximum absolute atomic E-state index is 4.80. The molecular formula is C17H29N3. The lowest BCUT2D eigenvalue weighted by molar-refractivity contribution is 0.361. The van der Waals surface area contributed by atoms with Crippen molar-refractivity contribution in [3.05, 3.63) is 23.4 Å². The highest BCUT2D eigenvalue weighted by molar-refractivity contribution is 5.42. The standard InChI is InChI=1S/C17H29N3/c1-4-16-10-15(12-18-2)11-17(19-16)20(3)13-14-8-6-5-7-9-14/h10-11,14,18H,4-9,12-13H2,1-3H3. The summed E-state index contributed by atoms with van der Waals surface area (Å²) in [7, 11) is 4.19. The second-order valence-electron chi connectivity index (χ2n) is 6.09. The average Bonchev–Trinajstić information content (AvgIpc) is 2.48. The quantitative estimate of drug-likeness (QED) is 0.862. The van der Waals surface area contributed by atoms with Gasteiger partial charge in [-0.05, 0) is 49.9 Å². The van der Waals surface area contributed by atoms with Gasteiger partial charge in [0.05, 0.1) is 0 Å². The van der Waals surface area contributed by atoms with Crippen molar-refractivity contribution in [2.24, 2.45) is 5.92 Å². The molecule has 0 atom stereocenters. The van der Waals surface area contributed by atoms with Gasteiger partial charge in [0.15, 0.2) is 0 Å². The van der Waals surface area contributed by atoms with E-state index in [0.29, 0.717) is 0 Å². The zero-order chi connectivity index (χ0) is 14.4. The molecule has 112 valence electrons. The third kappa shape index (κ3) is 4.20. The molecule has 0 aliphatic heterocycles. The summed E-state index contributed by atoms with van der Waals surface area (Å²) < 4.78 is 0. The number of nitrogens with zero attached hydrogens (tertiary/aromatic N) is 2. The second-order valence-corrected chi connectivity index (χ2v) is 6.09. The Labute approximate surface area is 123 Å². The van der Waals surface area contributed by atoms with E-state index in [1.54, 1.807) is 0 Å². The van der Waals surface area contributed by atoms with Crippen LogP contribution in [0.2, 0.25) is 0 Å². The third-order valence-corrected chi connectivity index (χ3v) is 4.32. The molecule has 1 saturated carbocycles. The monoisotopic (exact) mass is 275 g/mol. The minimum atomic E-state index is 0.855. The molecule has 0 amide bonds. The van der Waals surface area contributed by atoms with Crippen molar-refractivity contribution in [3.8, 4) is 0 Å². The first kappa shape index (κ1) is 15.3. The summed E-state index contributed by atoms with van der Waals surface area (Å²) in [6.45, 7) is 4.25. The number of rotatable bonds is 6. The number of nitrogens with one attached hydrogen (secondary N) is 1. The van der Waals surface area contributed by atoms with E-state index in [1.807, 2.05) is 7.05 Å². The van der Waals surface area contributed by atoms with Crippen LogP contribution in [0.4, 0.5) is 5.82 Å². The van der Waals surface area contributed by atoms with Gasteiger partial charge in [-0.1, -0.05) is 26.2 Å². The molecule has 1 N–H and O–H groups in total. The van der Waals surface area contributed by atoms with Crippen molar-refractivity contribution < 1.29 is 0 Å². The zero-order valence-corrected chi connectivity index (χ0v) is 13.3. The van der Waals surface area contributed by atoms with Crippen LogP contribution in [-0.4, -0.2) is 25.6 Å². The molecule has 1 aromatic heterocycles. The molecule has 0 unspecified atom stereocenters. The summed E-state index contributed by atoms with van der Waals surface area (Å²) in [5.74, 6) is 1.99. The van der Waals surface area contributed by atoms with Gasteiger partial charge in [-0.25, -0.2) is 4.98 Å². The lowest BCUT2D eigenvalue weighted by atomic mass is 9.89. The second kappa shape index (κ2) is 7.63. The number of aromatic nitrogens is 1. The van der Waals surface area contributed by atoms with E-state index in [1.165, 1.54) is 43.4 Å². The number of anilines is 1. The fourth-order valence-electron chi connectivity index (χ4n) is 3.17. The summed E-state index contributed by atoms with van der Waals surface area (Å²) in [6, 6.07) is 4.45. The Morgan fingerprint density at radius 3 is 2.65 bits per heavy atom. The van der Waals surface area contributed by atoms with Crippen LogP contribution in [0.3, 0.4) is 0 Å². The van der Waals surface area contributed by atoms with Crippen LogP contribution < -0.4 is 10.2 Å². The average molecular weight is 275 g/mol. The molecule has 0 spiro atoms. The predicted octanol–water partition coefficient (Wildman–Crippen LogP) is 3.38. The van der Waals surface area contributed by atoms with Gasteiger partial charge < -0.3 is 10.2 Å². The number of hydrogen-bond acceptors (Lipinski definition) is 3. The maximum atomic E-state index is 4.80. The largest absolute Gasteiger partial charge is 0.359 e. The van der Waals surface area contributed by atoms with Gasteiger partial charge in [0.1, 0.15) is 5.82 Å². The van der Waals surface area contributed by atoms with Crippen LogP contribution in [0.5, 0.6) is 0 Å². The molecule has 0 radical (unpaired) electrons. The van der Waals surface area contributed by atoms with Crippen molar-refractivity contribution in [2.45, 2.75) is 52.0 Å². The van der Waals surface area contributed by atoms with Crippen LogP contribution in [0.1, 0.15) is 50.3 Å². The Morgan fingerprint density at radius 2 is 2.00 bits per heavy atom. The van der Waals surface area contributed by atoms with Gasteiger partial charge >= 0.3 is 0 Å². The SMILES string of the molecule is CCc1cc(CNC)cc(N(C)CC2CCCCC2)n1. The highest BCUT2D eigenvalue weighted by atomic mass is 15.2. The molecule has 1 aromatic rings. The minimum absolute atomic E-state index is 0.855. The first-order chi connectivity index (χ1) is 9.72. The molecule has 20 heavy (non-hydrogen) atoms. The van der Waals surface area contributed by atoms with E-state index in [9.17, 15) is 0 Å². The van der Waals surface area contributed by atoms with Crippen molar-refractivity contribution in [2.75, 3.05) is 25.5 Å². The highest BCUT2D eigenvalue weighted by Gasteiger charge is 2.16. The van der Waals surface area contributed by atoms with Crippen LogP contribution in [0.25, 0.3) is 0 Å². The van der Waals surface area contributed by atoms with Gasteiger partial charge in [-0.3, -0.25) is 0 Å². The first-order valence-electron chi connectivity index (χ1n) is 8.08. The molecule has 0 saturated heterocycles. The van der Waals surface area contributed by atoms with Crippen molar-refractivity contribution in [3.63, 3.8) is 0 Å². The smallest absolute Gasteiger partial charge is 0.128 e. The van der Waals surface area contributed by atoms with E-state index < -0.39 is 0 Å². The van der Waals surface area contributed by atoms with Gasteiger partial charge in [0.2, 0.25) is 0 Å². The Balaban J connectivity index is 2.06. The van der Waals surface area contributed by atoms with Crippen molar-refractivity contribution in [1.29, 1.82) is 0 Å². The molecule has 1 aliphatic rings. The van der Waals surface area contributed by atoms with Gasteiger partial charge in [-0.15, -0.1) is 0 Å². The van der Waals surface area contributed by atoms with E-state index in [-0.39, 0.29) is 0 Å². The summed E-state index contributed by atoms with van der Waals surface area (Å²) in [4.78, 5) is 7.15. The van der Waals surface area contributed by atoms with E-state index in [4.69, 9.17) is 4.98 Å². The summed E-state index contributed by atoms with van der Waals surface area (Å²) >= 11 is 0. The summed E-state index contributed by atoms with van der Waals surface area (Å²) in [6.07, 6.45) is 8.03. The molecule has 3 heteroatoms. The zero-order valence-electron chi connectivity index (χ0n) is 13.3. The Hall–Kier alpha value is -1.09. The molecule has 0 bridgehead atoms. The molecule has 2 rings (SSSR count). The van der Waals surface area contributed by atoms with Crippen LogP contribution in [0.15, 0.2) is 12.1 Å². The predicted molar refractivity (Wildman–Crippen MR) is 86.2 cm³/mol. The number of hydrogen-bond donors (Lipinski definition) is 1. The third-order valence-electron chi connectivity index (χ3n) is 4.32. The van der Waals surface area contributed by atoms with Gasteiger partial charge in [-0.2, -0.15) is 0 Å². The van der Waals surface area contributed by atoms with Crippen molar-refractivity contribution in [1.82, 2.24) is 10.3 Å². The first-order valence-corrected chi connectivity index (χ1v) is 8.08. The molecular weight excluding hydrogens is 246 g/mol. The fourth-order valence-corrected chi connectivity index (χ4v) is 3.17. The summed E-state index contributed by atoms with van der Waals surface area (Å²) in [5, 5.41) is 3.24. The molecule has 3 nitrogen and oxygen atoms in total. The van der Waals surface area contributed by atoms with Crippen LogP contribution in [0, 0.1) is 5.92 Å². The molecule has 1 fully saturated rings. The Morgan fingerprint density at radius 1 is 1.25 bits per heavy atom. The van der Waals surface area contributed by atoms with Crippen LogP contribution >= 0.6 is 0 Å². The van der Waals surface area contributed by atoms with E-state index >= 15 is 0 Å². The minimum Gasteiger partial charge on any atom is -0.359 e. The van der Waals surface area contributed by atoms with Crippen LogP contribution in [-0.2, 0) is 13.0 Å². The Kier molecular flexibility index (Phi) is 5.84. The maximum Gasteiger partial charge on any atom is 0.128 e. The summed E-state index contributed by atoms with van der Waals surface area (Å²) in [5.41, 5.74) is 2.54. The van der Waals surface area contributed by atoms with Gasteiger partial charge in [0.25, 0.3) is 0 Å². The van der Waals surface area contributed by atoms with E-state index in [2.05, 4.69) is 36.3 Å². The normalized spacial score (nSPS) is 16.4. The lowest BCUT2D eigenvalue weighted by Crippen LogP contribution is -2.28. The van der Waals surface area contributed by atoms with Crippen molar-refractivity contribution >= 4 is 5.82 Å². The number of aryl methyl sites for hydroxylation is 1.